The average Bonchev–Trinajstić information content (AvgIpc) is 1.44. The van der Waals surface area contributed by atoms with Crippen LogP contribution in [0.25, 0.3) is 0 Å². The summed E-state index contributed by atoms with van der Waals surface area (Å²) in [6.45, 7) is 5.81. The predicted molar refractivity (Wildman–Crippen MR) is 356 cm³/mol. The van der Waals surface area contributed by atoms with E-state index in [1.807, 2.05) is 10.8 Å². The topological polar surface area (TPSA) is 333 Å². The number of nitrogens with zero attached hydrogens (tertiary/aromatic N) is 7. The number of fused-ring (bicyclic) bond motifs is 1. The molecule has 3 atom stereocenters. The molecule has 2 amide bonds. The standard InChI is InChI=1S/C19H17BrClFN4O3S.C19H16BrFN4O3S.C17H16BrFN4O2S.C2H2Cl2O.CH2O3.2K.H/c1-2-29-19(28)15-13(9-24-14(27)8-21)25-17(18-23-5-6-30-18)26-16(15)11-4-3-10(22)7-12(11)20;1-2-28-19(27)15-13-8-23-14(26)9-25(13)17(18-22-5-6-29-18)24-16(15)11-4-3-10(21)7-12(11)20;1-2-25-17(24)13-12(8-20)22-15(16-21-5-6-26-16)23-14(13)10-4-3-9(19)7-11(10)18;3-1-2(4)5;2-1-4-3;;;/h3-7,16H,2,8-9H2,1H3,(H,24,27)(H,25,26);3-7,16H,2,8-9H2,1H3,(H,23,26);3-7,14H,2,8,20H2,1H3,(H,22,23);1H2;1,3H;;;/q;;;;;2*+1;-1/p-1. The van der Waals surface area contributed by atoms with Gasteiger partial charge in [-0.1, -0.05) is 66.0 Å². The smallest absolute Gasteiger partial charge is 1.00 e. The molecule has 0 bridgehead atoms. The molecule has 0 saturated carbocycles. The third kappa shape index (κ3) is 23.5. The van der Waals surface area contributed by atoms with E-state index < -0.39 is 58.8 Å². The second kappa shape index (κ2) is 42.9. The second-order valence-corrected chi connectivity index (χ2v) is 24.5. The fraction of sp³-hybridized carbons (Fsp3) is 0.259. The number of carbonyl (C=O) groups is 7. The number of ether oxygens (including phenoxy) is 3. The van der Waals surface area contributed by atoms with Crippen molar-refractivity contribution in [3.8, 4) is 0 Å². The number of amidine groups is 3. The van der Waals surface area contributed by atoms with Gasteiger partial charge < -0.3 is 57.7 Å². The maximum atomic E-state index is 13.7. The van der Waals surface area contributed by atoms with Crippen LogP contribution in [0.4, 0.5) is 13.2 Å². The number of thiazole rings is 3. The normalized spacial score (nSPS) is 15.9. The van der Waals surface area contributed by atoms with E-state index in [1.165, 1.54) is 70.4 Å². The van der Waals surface area contributed by atoms with Gasteiger partial charge in [-0.2, -0.15) is 0 Å². The third-order valence-corrected chi connectivity index (χ3v) is 17.7. The number of carbonyl (C=O) groups excluding carboxylic acids is 7. The number of esters is 3. The first-order valence-corrected chi connectivity index (χ1v) is 33.7. The Morgan fingerprint density at radius 3 is 1.45 bits per heavy atom. The summed E-state index contributed by atoms with van der Waals surface area (Å²) in [6, 6.07) is 10.4. The molecule has 4 aliphatic rings. The molecule has 1 saturated heterocycles. The summed E-state index contributed by atoms with van der Waals surface area (Å²) in [5, 5.41) is 26.9. The van der Waals surface area contributed by atoms with Crippen LogP contribution in [0.3, 0.4) is 0 Å². The summed E-state index contributed by atoms with van der Waals surface area (Å²) in [4.78, 5) is 111. The van der Waals surface area contributed by atoms with Gasteiger partial charge in [-0.05, 0) is 85.5 Å². The predicted octanol–water partition coefficient (Wildman–Crippen LogP) is 2.56. The van der Waals surface area contributed by atoms with Gasteiger partial charge in [0.05, 0.1) is 61.2 Å². The first-order valence-electron chi connectivity index (χ1n) is 27.2. The average molecular weight is 1690 g/mol. The van der Waals surface area contributed by atoms with Crippen molar-refractivity contribution >= 4 is 176 Å². The minimum atomic E-state index is -0.804. The van der Waals surface area contributed by atoms with Crippen LogP contribution in [0.2, 0.25) is 0 Å². The summed E-state index contributed by atoms with van der Waals surface area (Å²) in [7, 11) is 0. The number of aromatic nitrogens is 3. The Morgan fingerprint density at radius 1 is 0.688 bits per heavy atom. The van der Waals surface area contributed by atoms with Gasteiger partial charge >= 0.3 is 121 Å². The van der Waals surface area contributed by atoms with Crippen molar-refractivity contribution in [1.29, 1.82) is 0 Å². The molecule has 38 heteroatoms. The number of hydrogen-bond donors (Lipinski definition) is 5. The fourth-order valence-electron chi connectivity index (χ4n) is 8.74. The van der Waals surface area contributed by atoms with E-state index in [0.717, 1.165) is 0 Å². The van der Waals surface area contributed by atoms with E-state index in [0.29, 0.717) is 90.9 Å². The minimum absolute atomic E-state index is 0. The van der Waals surface area contributed by atoms with Gasteiger partial charge in [-0.15, -0.1) is 57.2 Å². The maximum Gasteiger partial charge on any atom is 1.00 e. The Kier molecular flexibility index (Phi) is 37.7. The number of rotatable bonds is 18. The molecule has 3 aromatic heterocycles. The first-order chi connectivity index (χ1) is 45.2. The van der Waals surface area contributed by atoms with Crippen LogP contribution in [-0.2, 0) is 52.7 Å². The molecule has 0 aliphatic carbocycles. The van der Waals surface area contributed by atoms with E-state index in [-0.39, 0.29) is 186 Å². The molecule has 96 heavy (non-hydrogen) atoms. The SMILES string of the molecule is CCOC(=O)C1=C(CN)NC(c2nccs2)=NC1c1ccc(F)cc1Br.CCOC(=O)C1=C(CNC(=O)CCl)NC(c2nccs2)=NC1c1ccc(F)cc1Br.CCOC(=O)C1=C2CNC(=O)CN2C(c2nccs2)=NC1c1ccc(F)cc1Br.O=C(Cl)CCl.O=CO[O-].[H-].[K+].[K+]. The van der Waals surface area contributed by atoms with Gasteiger partial charge in [0.25, 0.3) is 6.47 Å². The Hall–Kier alpha value is -4.04. The van der Waals surface area contributed by atoms with Crippen molar-refractivity contribution < 1.29 is 175 Å². The molecule has 3 unspecified atom stereocenters. The van der Waals surface area contributed by atoms with Crippen molar-refractivity contribution in [2.45, 2.75) is 38.9 Å². The number of amides is 2. The number of benzene rings is 3. The van der Waals surface area contributed by atoms with E-state index in [4.69, 9.17) is 69.8 Å². The monoisotopic (exact) mass is 1680 g/mol. The van der Waals surface area contributed by atoms with Crippen LogP contribution in [-0.4, -0.2) is 137 Å². The van der Waals surface area contributed by atoms with E-state index in [2.05, 4.69) is 98.9 Å². The van der Waals surface area contributed by atoms with Gasteiger partial charge in [0, 0.05) is 66.1 Å². The van der Waals surface area contributed by atoms with Crippen molar-refractivity contribution in [3.63, 3.8) is 0 Å². The molecule has 0 spiro atoms. The number of aliphatic imine (C=N–C) groups is 3. The Labute approximate surface area is 685 Å². The number of nitrogens with one attached hydrogen (secondary N) is 4. The Morgan fingerprint density at radius 2 is 1.08 bits per heavy atom. The first kappa shape index (κ1) is 84.4. The van der Waals surface area contributed by atoms with Crippen molar-refractivity contribution in [1.82, 2.24) is 41.1 Å². The number of piperazine rings is 1. The second-order valence-electron chi connectivity index (χ2n) is 18.3. The van der Waals surface area contributed by atoms with Gasteiger partial charge in [-0.3, -0.25) is 34.2 Å². The van der Waals surface area contributed by atoms with Crippen LogP contribution in [0.5, 0.6) is 0 Å². The summed E-state index contributed by atoms with van der Waals surface area (Å²) in [5.41, 5.74) is 10.0. The molecule has 0 radical (unpaired) electrons. The maximum absolute atomic E-state index is 13.7. The number of halogens is 9. The van der Waals surface area contributed by atoms with Gasteiger partial charge in [0.1, 0.15) is 48.0 Å². The molecule has 24 nitrogen and oxygen atoms in total. The summed E-state index contributed by atoms with van der Waals surface area (Å²) in [5.74, 6) is -2.31. The van der Waals surface area contributed by atoms with E-state index >= 15 is 0 Å². The Balaban J connectivity index is 0.000000351. The largest absolute Gasteiger partial charge is 1.00 e. The number of alkyl halides is 2. The fourth-order valence-corrected chi connectivity index (χ4v) is 12.4. The molecule has 4 aliphatic heterocycles. The minimum Gasteiger partial charge on any atom is -1.00 e. The quantitative estimate of drug-likeness (QED) is 0.0121. The Bertz CT molecular complexity index is 3930. The molecule has 500 valence electrons. The van der Waals surface area contributed by atoms with Crippen LogP contribution in [0.15, 0.2) is 152 Å². The zero-order valence-electron chi connectivity index (χ0n) is 52.1. The van der Waals surface area contributed by atoms with Crippen LogP contribution in [0, 0.1) is 17.5 Å². The van der Waals surface area contributed by atoms with Crippen LogP contribution in [0.1, 0.15) is 72.0 Å². The van der Waals surface area contributed by atoms with Gasteiger partial charge in [0.2, 0.25) is 17.1 Å². The third-order valence-electron chi connectivity index (χ3n) is 12.5. The number of nitrogens with two attached hydrogens (primary N) is 1. The van der Waals surface area contributed by atoms with Gasteiger partial charge in [-0.25, -0.2) is 42.5 Å². The molecule has 7 heterocycles. The van der Waals surface area contributed by atoms with Gasteiger partial charge in [0.15, 0.2) is 32.5 Å². The molecule has 1 fully saturated rings. The molecule has 6 aromatic rings. The molecule has 10 rings (SSSR count). The van der Waals surface area contributed by atoms with Crippen molar-refractivity contribution in [3.05, 3.63) is 186 Å². The summed E-state index contributed by atoms with van der Waals surface area (Å²) in [6.07, 6.45) is 4.95. The van der Waals surface area contributed by atoms with E-state index in [1.54, 1.807) is 67.8 Å². The molecular formula is C58H53Br3Cl3F3K2N12O12S3. The van der Waals surface area contributed by atoms with Crippen molar-refractivity contribution in [2.24, 2.45) is 20.7 Å². The summed E-state index contributed by atoms with van der Waals surface area (Å²) >= 11 is 29.4. The molecule has 6 N–H and O–H groups in total. The molecular weight excluding hydrogens is 1630 g/mol. The summed E-state index contributed by atoms with van der Waals surface area (Å²) < 4.78 is 58.0. The number of hydrogen-bond acceptors (Lipinski definition) is 25. The molecule has 3 aromatic carbocycles. The van der Waals surface area contributed by atoms with Crippen molar-refractivity contribution in [2.75, 3.05) is 57.8 Å². The van der Waals surface area contributed by atoms with E-state index in [9.17, 15) is 41.9 Å². The zero-order chi connectivity index (χ0) is 68.6. The zero-order valence-corrected chi connectivity index (χ0v) is 66.8. The van der Waals surface area contributed by atoms with Crippen LogP contribution >= 0.6 is 117 Å². The van der Waals surface area contributed by atoms with Crippen LogP contribution < -0.4 is 135 Å².